The highest BCUT2D eigenvalue weighted by Gasteiger charge is 2.28. The standard InChI is InChI=1S/C13H13ClFN3O/c14-11-6-8(15)2-4-10(11)12-17-13(19-18-12)7-1-3-9(16)5-7/h2,4,6-7,9H,1,3,5,16H2/t7-,9+/m1/s1. The van der Waals surface area contributed by atoms with Crippen molar-refractivity contribution in [3.63, 3.8) is 0 Å². The van der Waals surface area contributed by atoms with Gasteiger partial charge < -0.3 is 10.3 Å². The van der Waals surface area contributed by atoms with Crippen LogP contribution in [0.4, 0.5) is 4.39 Å². The van der Waals surface area contributed by atoms with E-state index in [0.717, 1.165) is 19.3 Å². The van der Waals surface area contributed by atoms with Gasteiger partial charge in [0.1, 0.15) is 5.82 Å². The molecule has 0 spiro atoms. The molecule has 0 unspecified atom stereocenters. The van der Waals surface area contributed by atoms with E-state index in [2.05, 4.69) is 10.1 Å². The van der Waals surface area contributed by atoms with Crippen LogP contribution in [-0.4, -0.2) is 16.2 Å². The van der Waals surface area contributed by atoms with Gasteiger partial charge in [0, 0.05) is 17.5 Å². The van der Waals surface area contributed by atoms with Crippen LogP contribution in [-0.2, 0) is 0 Å². The number of rotatable bonds is 2. The summed E-state index contributed by atoms with van der Waals surface area (Å²) in [6.45, 7) is 0. The summed E-state index contributed by atoms with van der Waals surface area (Å²) in [6, 6.07) is 4.31. The average molecular weight is 282 g/mol. The second-order valence-corrected chi connectivity index (χ2v) is 5.26. The van der Waals surface area contributed by atoms with E-state index in [1.54, 1.807) is 6.07 Å². The largest absolute Gasteiger partial charge is 0.339 e. The van der Waals surface area contributed by atoms with Gasteiger partial charge in [0.25, 0.3) is 0 Å². The highest BCUT2D eigenvalue weighted by molar-refractivity contribution is 6.33. The van der Waals surface area contributed by atoms with Gasteiger partial charge in [-0.05, 0) is 37.5 Å². The third kappa shape index (κ3) is 2.48. The molecule has 2 aromatic rings. The van der Waals surface area contributed by atoms with Crippen molar-refractivity contribution in [3.05, 3.63) is 34.9 Å². The van der Waals surface area contributed by atoms with Crippen molar-refractivity contribution in [1.29, 1.82) is 0 Å². The summed E-state index contributed by atoms with van der Waals surface area (Å²) in [4.78, 5) is 4.35. The first-order valence-corrected chi connectivity index (χ1v) is 6.56. The maximum atomic E-state index is 13.0. The summed E-state index contributed by atoms with van der Waals surface area (Å²) < 4.78 is 18.3. The minimum atomic E-state index is -0.390. The van der Waals surface area contributed by atoms with Crippen LogP contribution >= 0.6 is 11.6 Å². The van der Waals surface area contributed by atoms with Crippen molar-refractivity contribution in [1.82, 2.24) is 10.1 Å². The zero-order valence-corrected chi connectivity index (χ0v) is 10.9. The molecule has 0 saturated heterocycles. The number of aromatic nitrogens is 2. The van der Waals surface area contributed by atoms with Crippen molar-refractivity contribution in [2.24, 2.45) is 5.73 Å². The lowest BCUT2D eigenvalue weighted by atomic mass is 10.1. The van der Waals surface area contributed by atoms with Crippen molar-refractivity contribution >= 4 is 11.6 Å². The SMILES string of the molecule is N[C@H]1CC[C@@H](c2nc(-c3ccc(F)cc3Cl)no2)C1. The fourth-order valence-corrected chi connectivity index (χ4v) is 2.67. The van der Waals surface area contributed by atoms with Gasteiger partial charge in [-0.1, -0.05) is 16.8 Å². The van der Waals surface area contributed by atoms with E-state index in [0.29, 0.717) is 17.3 Å². The van der Waals surface area contributed by atoms with E-state index in [4.69, 9.17) is 21.9 Å². The predicted molar refractivity (Wildman–Crippen MR) is 69.3 cm³/mol. The topological polar surface area (TPSA) is 64.9 Å². The number of halogens is 2. The Morgan fingerprint density at radius 3 is 2.89 bits per heavy atom. The maximum absolute atomic E-state index is 13.0. The molecule has 6 heteroatoms. The van der Waals surface area contributed by atoms with Gasteiger partial charge in [-0.3, -0.25) is 0 Å². The van der Waals surface area contributed by atoms with Gasteiger partial charge in [-0.15, -0.1) is 0 Å². The Labute approximate surface area is 114 Å². The third-order valence-electron chi connectivity index (χ3n) is 3.44. The Hall–Kier alpha value is -1.46. The van der Waals surface area contributed by atoms with E-state index in [1.165, 1.54) is 12.1 Å². The fourth-order valence-electron chi connectivity index (χ4n) is 2.42. The van der Waals surface area contributed by atoms with Crippen LogP contribution in [0.25, 0.3) is 11.4 Å². The molecule has 0 radical (unpaired) electrons. The highest BCUT2D eigenvalue weighted by Crippen LogP contribution is 2.34. The first kappa shape index (κ1) is 12.6. The van der Waals surface area contributed by atoms with Gasteiger partial charge in [-0.2, -0.15) is 4.98 Å². The Morgan fingerprint density at radius 1 is 1.37 bits per heavy atom. The number of nitrogens with zero attached hydrogens (tertiary/aromatic N) is 2. The lowest BCUT2D eigenvalue weighted by molar-refractivity contribution is 0.353. The zero-order valence-electron chi connectivity index (χ0n) is 10.1. The Balaban J connectivity index is 1.88. The molecule has 0 bridgehead atoms. The van der Waals surface area contributed by atoms with Crippen LogP contribution in [0.15, 0.2) is 22.7 Å². The van der Waals surface area contributed by atoms with Gasteiger partial charge >= 0.3 is 0 Å². The molecule has 100 valence electrons. The minimum Gasteiger partial charge on any atom is -0.339 e. The second kappa shape index (κ2) is 4.90. The molecule has 3 rings (SSSR count). The Bertz CT molecular complexity index is 601. The third-order valence-corrected chi connectivity index (χ3v) is 3.75. The lowest BCUT2D eigenvalue weighted by Crippen LogP contribution is -2.14. The molecule has 1 fully saturated rings. The first-order chi connectivity index (χ1) is 9.13. The van der Waals surface area contributed by atoms with Crippen molar-refractivity contribution in [2.45, 2.75) is 31.2 Å². The van der Waals surface area contributed by atoms with Crippen LogP contribution in [0.1, 0.15) is 31.1 Å². The molecule has 2 atom stereocenters. The molecule has 4 nitrogen and oxygen atoms in total. The molecule has 0 amide bonds. The van der Waals surface area contributed by atoms with Gasteiger partial charge in [0.05, 0.1) is 5.02 Å². The van der Waals surface area contributed by atoms with Crippen LogP contribution < -0.4 is 5.73 Å². The van der Waals surface area contributed by atoms with Gasteiger partial charge in [-0.25, -0.2) is 4.39 Å². The smallest absolute Gasteiger partial charge is 0.230 e. The molecular weight excluding hydrogens is 269 g/mol. The van der Waals surface area contributed by atoms with E-state index in [1.807, 2.05) is 0 Å². The normalized spacial score (nSPS) is 22.9. The van der Waals surface area contributed by atoms with Crippen molar-refractivity contribution < 1.29 is 8.91 Å². The monoisotopic (exact) mass is 281 g/mol. The van der Waals surface area contributed by atoms with E-state index >= 15 is 0 Å². The molecule has 1 aromatic carbocycles. The highest BCUT2D eigenvalue weighted by atomic mass is 35.5. The van der Waals surface area contributed by atoms with Crippen LogP contribution in [0.5, 0.6) is 0 Å². The fraction of sp³-hybridized carbons (Fsp3) is 0.385. The molecule has 1 saturated carbocycles. The molecule has 1 aliphatic carbocycles. The minimum absolute atomic E-state index is 0.203. The molecule has 1 aliphatic rings. The number of hydrogen-bond acceptors (Lipinski definition) is 4. The second-order valence-electron chi connectivity index (χ2n) is 4.85. The Kier molecular flexibility index (Phi) is 3.24. The van der Waals surface area contributed by atoms with Crippen molar-refractivity contribution in [3.8, 4) is 11.4 Å². The Morgan fingerprint density at radius 2 is 2.21 bits per heavy atom. The molecule has 1 heterocycles. The quantitative estimate of drug-likeness (QED) is 0.918. The number of hydrogen-bond donors (Lipinski definition) is 1. The summed E-state index contributed by atoms with van der Waals surface area (Å²) in [5, 5.41) is 4.19. The molecule has 2 N–H and O–H groups in total. The summed E-state index contributed by atoms with van der Waals surface area (Å²) in [5.74, 6) is 0.804. The van der Waals surface area contributed by atoms with Crippen LogP contribution in [0, 0.1) is 5.82 Å². The molecule has 1 aromatic heterocycles. The van der Waals surface area contributed by atoms with E-state index < -0.39 is 0 Å². The number of nitrogens with two attached hydrogens (primary N) is 1. The zero-order chi connectivity index (χ0) is 13.4. The van der Waals surface area contributed by atoms with E-state index in [9.17, 15) is 4.39 Å². The lowest BCUT2D eigenvalue weighted by Gasteiger charge is -2.01. The van der Waals surface area contributed by atoms with Crippen molar-refractivity contribution in [2.75, 3.05) is 0 Å². The summed E-state index contributed by atoms with van der Waals surface area (Å²) >= 11 is 5.97. The first-order valence-electron chi connectivity index (χ1n) is 6.18. The number of benzene rings is 1. The predicted octanol–water partition coefficient (Wildman–Crippen LogP) is 3.12. The summed E-state index contributed by atoms with van der Waals surface area (Å²) in [7, 11) is 0. The summed E-state index contributed by atoms with van der Waals surface area (Å²) in [6.07, 6.45) is 2.79. The van der Waals surface area contributed by atoms with Crippen LogP contribution in [0.3, 0.4) is 0 Å². The molecule has 19 heavy (non-hydrogen) atoms. The average Bonchev–Trinajstić information content (AvgIpc) is 2.97. The maximum Gasteiger partial charge on any atom is 0.230 e. The molecule has 0 aliphatic heterocycles. The van der Waals surface area contributed by atoms with Gasteiger partial charge in [0.2, 0.25) is 11.7 Å². The van der Waals surface area contributed by atoms with Gasteiger partial charge in [0.15, 0.2) is 0 Å². The summed E-state index contributed by atoms with van der Waals surface area (Å²) in [5.41, 5.74) is 6.44. The van der Waals surface area contributed by atoms with E-state index in [-0.39, 0.29) is 22.8 Å². The van der Waals surface area contributed by atoms with Crippen LogP contribution in [0.2, 0.25) is 5.02 Å². The molecular formula is C13H13ClFN3O.